The molecule has 128 valence electrons. The summed E-state index contributed by atoms with van der Waals surface area (Å²) in [5.41, 5.74) is 12.5. The summed E-state index contributed by atoms with van der Waals surface area (Å²) in [7, 11) is 0. The zero-order valence-corrected chi connectivity index (χ0v) is 14.1. The molecule has 0 bridgehead atoms. The van der Waals surface area contributed by atoms with Crippen LogP contribution < -0.4 is 5.73 Å². The van der Waals surface area contributed by atoms with Crippen LogP contribution in [0.15, 0.2) is 66.7 Å². The van der Waals surface area contributed by atoms with Crippen LogP contribution in [0.25, 0.3) is 33.3 Å². The Morgan fingerprint density at radius 2 is 1.77 bits per heavy atom. The molecule has 0 aliphatic carbocycles. The minimum Gasteiger partial charge on any atom is -0.370 e. The van der Waals surface area contributed by atoms with E-state index in [1.165, 1.54) is 0 Å². The van der Waals surface area contributed by atoms with Gasteiger partial charge < -0.3 is 5.73 Å². The van der Waals surface area contributed by atoms with Crippen molar-refractivity contribution in [2.24, 2.45) is 5.73 Å². The normalized spacial score (nSPS) is 10.9. The molecule has 5 heteroatoms. The van der Waals surface area contributed by atoms with Gasteiger partial charge in [0.2, 0.25) is 5.91 Å². The Balaban J connectivity index is 1.85. The number of carbonyl (C=O) groups is 1. The minimum atomic E-state index is -0.305. The highest BCUT2D eigenvalue weighted by Crippen LogP contribution is 2.33. The number of benzene rings is 3. The third-order valence-electron chi connectivity index (χ3n) is 4.50. The lowest BCUT2D eigenvalue weighted by Gasteiger charge is -2.12. The fraction of sp³-hybridized carbons (Fsp3) is 0.0952. The van der Waals surface area contributed by atoms with Gasteiger partial charge in [-0.2, -0.15) is 0 Å². The van der Waals surface area contributed by atoms with E-state index >= 15 is 0 Å². The van der Waals surface area contributed by atoms with Gasteiger partial charge >= 0.3 is 0 Å². The maximum absolute atomic E-state index is 11.3. The number of rotatable bonds is 5. The number of hydrogen-bond donors (Lipinski definition) is 2. The van der Waals surface area contributed by atoms with Gasteiger partial charge in [-0.05, 0) is 34.7 Å². The molecule has 3 aromatic carbocycles. The van der Waals surface area contributed by atoms with Gasteiger partial charge in [-0.15, -0.1) is 5.10 Å². The van der Waals surface area contributed by atoms with Crippen LogP contribution in [0.5, 0.6) is 0 Å². The van der Waals surface area contributed by atoms with Gasteiger partial charge in [0.25, 0.3) is 0 Å². The smallest absolute Gasteiger partial charge is 0.217 e. The predicted molar refractivity (Wildman–Crippen MR) is 102 cm³/mol. The zero-order chi connectivity index (χ0) is 17.9. The highest BCUT2D eigenvalue weighted by Gasteiger charge is 2.13. The summed E-state index contributed by atoms with van der Waals surface area (Å²) >= 11 is 0. The Morgan fingerprint density at radius 1 is 0.923 bits per heavy atom. The summed E-state index contributed by atoms with van der Waals surface area (Å²) in [6, 6.07) is 22.4. The lowest BCUT2D eigenvalue weighted by atomic mass is 9.92. The molecule has 3 N–H and O–H groups in total. The fourth-order valence-corrected chi connectivity index (χ4v) is 3.22. The molecule has 0 unspecified atom stereocenters. The van der Waals surface area contributed by atoms with E-state index in [1.807, 2.05) is 36.4 Å². The molecule has 0 fully saturated rings. The predicted octanol–water partition coefficient (Wildman–Crippen LogP) is 3.71. The molecule has 0 atom stereocenters. The Bertz CT molecular complexity index is 1070. The first-order valence-electron chi connectivity index (χ1n) is 8.49. The molecule has 1 heterocycles. The quantitative estimate of drug-likeness (QED) is 0.580. The number of aromatic nitrogens is 3. The lowest BCUT2D eigenvalue weighted by molar-refractivity contribution is -0.117. The van der Waals surface area contributed by atoms with E-state index in [0.717, 1.165) is 38.9 Å². The molecule has 0 saturated heterocycles. The molecule has 0 saturated carbocycles. The molecule has 26 heavy (non-hydrogen) atoms. The summed E-state index contributed by atoms with van der Waals surface area (Å²) in [6.45, 7) is 0. The summed E-state index contributed by atoms with van der Waals surface area (Å²) < 4.78 is 0. The Labute approximate surface area is 150 Å². The van der Waals surface area contributed by atoms with Gasteiger partial charge in [-0.25, -0.2) is 0 Å². The summed E-state index contributed by atoms with van der Waals surface area (Å²) in [6.07, 6.45) is 0.889. The van der Waals surface area contributed by atoms with Crippen LogP contribution in [-0.2, 0) is 11.2 Å². The molecule has 1 aromatic heterocycles. The third-order valence-corrected chi connectivity index (χ3v) is 4.50. The van der Waals surface area contributed by atoms with Gasteiger partial charge in [0.1, 0.15) is 5.52 Å². The van der Waals surface area contributed by atoms with E-state index in [4.69, 9.17) is 5.73 Å². The van der Waals surface area contributed by atoms with Crippen molar-refractivity contribution in [3.8, 4) is 22.3 Å². The van der Waals surface area contributed by atoms with Gasteiger partial charge in [0, 0.05) is 12.0 Å². The Hall–Kier alpha value is -3.47. The largest absolute Gasteiger partial charge is 0.370 e. The van der Waals surface area contributed by atoms with Crippen LogP contribution in [0.2, 0.25) is 0 Å². The molecule has 1 amide bonds. The van der Waals surface area contributed by atoms with Gasteiger partial charge in [0.15, 0.2) is 0 Å². The number of amides is 1. The Kier molecular flexibility index (Phi) is 4.19. The second-order valence-corrected chi connectivity index (χ2v) is 6.22. The Morgan fingerprint density at radius 3 is 2.58 bits per heavy atom. The first-order valence-corrected chi connectivity index (χ1v) is 8.49. The van der Waals surface area contributed by atoms with Gasteiger partial charge in [-0.1, -0.05) is 65.9 Å². The molecule has 0 aliphatic rings. The van der Waals surface area contributed by atoms with Crippen molar-refractivity contribution < 1.29 is 4.79 Å². The number of aromatic amines is 1. The van der Waals surface area contributed by atoms with E-state index in [9.17, 15) is 4.79 Å². The van der Waals surface area contributed by atoms with E-state index in [-0.39, 0.29) is 5.91 Å². The lowest BCUT2D eigenvalue weighted by Crippen LogP contribution is -2.11. The number of nitrogens with zero attached hydrogens (tertiary/aromatic N) is 2. The highest BCUT2D eigenvalue weighted by atomic mass is 16.1. The summed E-state index contributed by atoms with van der Waals surface area (Å²) in [5.74, 6) is -0.305. The van der Waals surface area contributed by atoms with Crippen LogP contribution in [0, 0.1) is 0 Å². The van der Waals surface area contributed by atoms with Crippen molar-refractivity contribution in [2.45, 2.75) is 12.8 Å². The van der Waals surface area contributed by atoms with Crippen LogP contribution in [0.4, 0.5) is 0 Å². The number of fused-ring (bicyclic) bond motifs is 1. The van der Waals surface area contributed by atoms with E-state index < -0.39 is 0 Å². The van der Waals surface area contributed by atoms with E-state index in [0.29, 0.717) is 12.8 Å². The van der Waals surface area contributed by atoms with Crippen molar-refractivity contribution in [1.29, 1.82) is 0 Å². The zero-order valence-electron chi connectivity index (χ0n) is 14.1. The average Bonchev–Trinajstić information content (AvgIpc) is 3.16. The number of primary amides is 1. The van der Waals surface area contributed by atoms with E-state index in [2.05, 4.69) is 45.7 Å². The number of nitrogens with one attached hydrogen (secondary N) is 1. The van der Waals surface area contributed by atoms with Crippen LogP contribution in [-0.4, -0.2) is 21.3 Å². The first kappa shape index (κ1) is 16.0. The number of hydrogen-bond acceptors (Lipinski definition) is 3. The number of nitrogens with two attached hydrogens (primary N) is 1. The summed E-state index contributed by atoms with van der Waals surface area (Å²) in [4.78, 5) is 11.3. The maximum Gasteiger partial charge on any atom is 0.217 e. The standard InChI is InChI=1S/C21H18N4O/c22-20(26)12-10-16-13-15(14-5-2-1-3-6-14)9-11-17(16)18-7-4-8-19-21(18)24-25-23-19/h1-9,11,13H,10,12H2,(H2,22,26)(H,23,24,25). The molecule has 5 nitrogen and oxygen atoms in total. The minimum absolute atomic E-state index is 0.305. The first-order chi connectivity index (χ1) is 12.7. The molecule has 4 rings (SSSR count). The monoisotopic (exact) mass is 342 g/mol. The number of H-pyrrole nitrogens is 1. The topological polar surface area (TPSA) is 84.7 Å². The van der Waals surface area contributed by atoms with Gasteiger partial charge in [-0.3, -0.25) is 9.89 Å². The van der Waals surface area contributed by atoms with Crippen LogP contribution in [0.1, 0.15) is 12.0 Å². The molecule has 0 aliphatic heterocycles. The number of carbonyl (C=O) groups excluding carboxylic acids is 1. The average molecular weight is 342 g/mol. The molecule has 0 spiro atoms. The summed E-state index contributed by atoms with van der Waals surface area (Å²) in [5, 5.41) is 11.0. The van der Waals surface area contributed by atoms with Crippen molar-refractivity contribution in [2.75, 3.05) is 0 Å². The second-order valence-electron chi connectivity index (χ2n) is 6.22. The van der Waals surface area contributed by atoms with Crippen molar-refractivity contribution in [1.82, 2.24) is 15.4 Å². The molecule has 4 aromatic rings. The molecule has 0 radical (unpaired) electrons. The molecular weight excluding hydrogens is 324 g/mol. The van der Waals surface area contributed by atoms with Gasteiger partial charge in [0.05, 0.1) is 5.52 Å². The third kappa shape index (κ3) is 3.07. The molecular formula is C21H18N4O. The second kappa shape index (κ2) is 6.80. The maximum atomic E-state index is 11.3. The van der Waals surface area contributed by atoms with Crippen molar-refractivity contribution in [3.63, 3.8) is 0 Å². The highest BCUT2D eigenvalue weighted by molar-refractivity contribution is 5.92. The van der Waals surface area contributed by atoms with E-state index in [1.54, 1.807) is 0 Å². The van der Waals surface area contributed by atoms with Crippen molar-refractivity contribution in [3.05, 3.63) is 72.3 Å². The van der Waals surface area contributed by atoms with Crippen molar-refractivity contribution >= 4 is 16.9 Å². The number of aryl methyl sites for hydroxylation is 1. The SMILES string of the molecule is NC(=O)CCc1cc(-c2ccccc2)ccc1-c1cccc2[nH]nnc12. The van der Waals surface area contributed by atoms with Crippen LogP contribution in [0.3, 0.4) is 0 Å². The fourth-order valence-electron chi connectivity index (χ4n) is 3.22. The van der Waals surface area contributed by atoms with Crippen LogP contribution >= 0.6 is 0 Å².